The van der Waals surface area contributed by atoms with Gasteiger partial charge in [0.2, 0.25) is 0 Å². The molecule has 0 aromatic rings. The second kappa shape index (κ2) is 4.10. The van der Waals surface area contributed by atoms with Gasteiger partial charge in [-0.15, -0.1) is 0 Å². The Balaban J connectivity index is 2.12. The van der Waals surface area contributed by atoms with Crippen LogP contribution in [0.1, 0.15) is 19.8 Å². The molecule has 4 atom stereocenters. The number of esters is 1. The van der Waals surface area contributed by atoms with Gasteiger partial charge in [0.25, 0.3) is 0 Å². The van der Waals surface area contributed by atoms with Gasteiger partial charge in [-0.25, -0.2) is 0 Å². The third-order valence-corrected chi connectivity index (χ3v) is 3.70. The molecule has 0 aromatic heterocycles. The highest BCUT2D eigenvalue weighted by atomic mass is 16.7. The Labute approximate surface area is 89.9 Å². The number of fused-ring (bicyclic) bond motifs is 1. The van der Waals surface area contributed by atoms with Gasteiger partial charge in [0.15, 0.2) is 6.29 Å². The van der Waals surface area contributed by atoms with Gasteiger partial charge in [-0.3, -0.25) is 4.79 Å². The second-order valence-electron chi connectivity index (χ2n) is 4.53. The summed E-state index contributed by atoms with van der Waals surface area (Å²) in [6, 6.07) is 0. The van der Waals surface area contributed by atoms with Crippen LogP contribution >= 0.6 is 0 Å². The molecule has 86 valence electrons. The molecule has 2 rings (SSSR count). The van der Waals surface area contributed by atoms with E-state index in [1.807, 2.05) is 0 Å². The Bertz CT molecular complexity index is 249. The lowest BCUT2D eigenvalue weighted by Gasteiger charge is -2.27. The summed E-state index contributed by atoms with van der Waals surface area (Å²) < 4.78 is 15.9. The summed E-state index contributed by atoms with van der Waals surface area (Å²) in [6.07, 6.45) is 1.32. The Morgan fingerprint density at radius 3 is 2.67 bits per heavy atom. The van der Waals surface area contributed by atoms with E-state index >= 15 is 0 Å². The van der Waals surface area contributed by atoms with Crippen LogP contribution in [-0.2, 0) is 19.0 Å². The lowest BCUT2D eigenvalue weighted by molar-refractivity contribution is -0.153. The zero-order chi connectivity index (χ0) is 11.0. The summed E-state index contributed by atoms with van der Waals surface area (Å²) in [5.41, 5.74) is 0. The molecule has 1 aliphatic heterocycles. The zero-order valence-corrected chi connectivity index (χ0v) is 9.43. The van der Waals surface area contributed by atoms with E-state index in [1.54, 1.807) is 14.2 Å². The van der Waals surface area contributed by atoms with Crippen molar-refractivity contribution in [1.82, 2.24) is 0 Å². The summed E-state index contributed by atoms with van der Waals surface area (Å²) in [7, 11) is 3.29. The fraction of sp³-hybridized carbons (Fsp3) is 0.909. The van der Waals surface area contributed by atoms with Crippen molar-refractivity contribution >= 4 is 5.97 Å². The predicted octanol–water partition coefficient (Wildman–Crippen LogP) is 1.19. The van der Waals surface area contributed by atoms with Crippen LogP contribution in [0.5, 0.6) is 0 Å². The van der Waals surface area contributed by atoms with Crippen molar-refractivity contribution in [2.45, 2.75) is 32.2 Å². The lowest BCUT2D eigenvalue weighted by atomic mass is 9.88. The van der Waals surface area contributed by atoms with Crippen LogP contribution in [0.25, 0.3) is 0 Å². The van der Waals surface area contributed by atoms with Crippen molar-refractivity contribution in [1.29, 1.82) is 0 Å². The highest BCUT2D eigenvalue weighted by Crippen LogP contribution is 2.46. The molecular formula is C11H18O4. The van der Waals surface area contributed by atoms with Crippen molar-refractivity contribution < 1.29 is 19.0 Å². The fourth-order valence-corrected chi connectivity index (χ4v) is 3.06. The van der Waals surface area contributed by atoms with Crippen LogP contribution in [0.15, 0.2) is 0 Å². The number of ether oxygens (including phenoxy) is 3. The van der Waals surface area contributed by atoms with Gasteiger partial charge < -0.3 is 14.2 Å². The molecular weight excluding hydrogens is 196 g/mol. The van der Waals surface area contributed by atoms with Crippen molar-refractivity contribution in [3.63, 3.8) is 0 Å². The molecule has 2 fully saturated rings. The number of carbonyl (C=O) groups excluding carboxylic acids is 1. The molecule has 0 unspecified atom stereocenters. The molecule has 15 heavy (non-hydrogen) atoms. The van der Waals surface area contributed by atoms with Crippen LogP contribution in [0, 0.1) is 17.8 Å². The van der Waals surface area contributed by atoms with Crippen LogP contribution < -0.4 is 0 Å². The van der Waals surface area contributed by atoms with Gasteiger partial charge in [0.1, 0.15) is 6.10 Å². The number of rotatable bonds is 3. The van der Waals surface area contributed by atoms with Gasteiger partial charge in [-0.05, 0) is 12.3 Å². The summed E-state index contributed by atoms with van der Waals surface area (Å²) in [5, 5.41) is 0. The summed E-state index contributed by atoms with van der Waals surface area (Å²) in [4.78, 5) is 11.2. The predicted molar refractivity (Wildman–Crippen MR) is 53.1 cm³/mol. The standard InChI is InChI=1S/C11H18O4/c1-6-4-8-7(5-9(12)15-8)10(6)11(13-2)14-3/h6-8,10-11H,4-5H2,1-3H3/t6-,7+,8+,10+/m1/s1. The molecule has 1 aliphatic carbocycles. The minimum atomic E-state index is -0.218. The van der Waals surface area contributed by atoms with Crippen molar-refractivity contribution in [2.24, 2.45) is 17.8 Å². The third kappa shape index (κ3) is 1.76. The van der Waals surface area contributed by atoms with E-state index in [9.17, 15) is 4.79 Å². The van der Waals surface area contributed by atoms with Crippen LogP contribution in [0.4, 0.5) is 0 Å². The van der Waals surface area contributed by atoms with Crippen molar-refractivity contribution in [3.05, 3.63) is 0 Å². The monoisotopic (exact) mass is 214 g/mol. The van der Waals surface area contributed by atoms with E-state index in [0.717, 1.165) is 6.42 Å². The minimum Gasteiger partial charge on any atom is -0.462 e. The Hall–Kier alpha value is -0.610. The van der Waals surface area contributed by atoms with Crippen molar-refractivity contribution in [3.8, 4) is 0 Å². The zero-order valence-electron chi connectivity index (χ0n) is 9.43. The fourth-order valence-electron chi connectivity index (χ4n) is 3.06. The third-order valence-electron chi connectivity index (χ3n) is 3.70. The first kappa shape index (κ1) is 10.9. The topological polar surface area (TPSA) is 44.8 Å². The summed E-state index contributed by atoms with van der Waals surface area (Å²) >= 11 is 0. The smallest absolute Gasteiger partial charge is 0.306 e. The molecule has 1 heterocycles. The summed E-state index contributed by atoms with van der Waals surface area (Å²) in [5.74, 6) is 0.958. The van der Waals surface area contributed by atoms with E-state index < -0.39 is 0 Å². The molecule has 4 heteroatoms. The molecule has 1 saturated heterocycles. The molecule has 0 amide bonds. The second-order valence-corrected chi connectivity index (χ2v) is 4.53. The van der Waals surface area contributed by atoms with Crippen LogP contribution in [0.3, 0.4) is 0 Å². The lowest BCUT2D eigenvalue weighted by Crippen LogP contribution is -2.32. The first-order chi connectivity index (χ1) is 7.17. The van der Waals surface area contributed by atoms with E-state index in [0.29, 0.717) is 12.3 Å². The van der Waals surface area contributed by atoms with Gasteiger partial charge in [-0.2, -0.15) is 0 Å². The van der Waals surface area contributed by atoms with Crippen LogP contribution in [-0.4, -0.2) is 32.6 Å². The summed E-state index contributed by atoms with van der Waals surface area (Å²) in [6.45, 7) is 2.17. The maximum atomic E-state index is 11.2. The molecule has 0 spiro atoms. The maximum absolute atomic E-state index is 11.2. The van der Waals surface area contributed by atoms with Gasteiger partial charge in [-0.1, -0.05) is 6.92 Å². The number of hydrogen-bond donors (Lipinski definition) is 0. The molecule has 0 aromatic carbocycles. The van der Waals surface area contributed by atoms with Gasteiger partial charge in [0.05, 0.1) is 6.42 Å². The van der Waals surface area contributed by atoms with Crippen LogP contribution in [0.2, 0.25) is 0 Å². The number of methoxy groups -OCH3 is 2. The number of hydrogen-bond acceptors (Lipinski definition) is 4. The molecule has 2 aliphatic rings. The average molecular weight is 214 g/mol. The number of carbonyl (C=O) groups is 1. The molecule has 0 bridgehead atoms. The van der Waals surface area contributed by atoms with E-state index in [1.165, 1.54) is 0 Å². The van der Waals surface area contributed by atoms with Gasteiger partial charge >= 0.3 is 5.97 Å². The quantitative estimate of drug-likeness (QED) is 0.523. The molecule has 4 nitrogen and oxygen atoms in total. The molecule has 0 radical (unpaired) electrons. The SMILES string of the molecule is COC(OC)[C@@H]1[C@H]2CC(=O)O[C@H]2C[C@H]1C. The Morgan fingerprint density at radius 1 is 1.40 bits per heavy atom. The largest absolute Gasteiger partial charge is 0.462 e. The average Bonchev–Trinajstić information content (AvgIpc) is 2.66. The highest BCUT2D eigenvalue weighted by molar-refractivity contribution is 5.72. The normalized spacial score (nSPS) is 39.6. The first-order valence-corrected chi connectivity index (χ1v) is 5.42. The highest BCUT2D eigenvalue weighted by Gasteiger charge is 2.51. The molecule has 0 N–H and O–H groups in total. The minimum absolute atomic E-state index is 0.0761. The van der Waals surface area contributed by atoms with Gasteiger partial charge in [0, 0.05) is 26.1 Å². The maximum Gasteiger partial charge on any atom is 0.306 e. The van der Waals surface area contributed by atoms with E-state index in [-0.39, 0.29) is 30.2 Å². The first-order valence-electron chi connectivity index (χ1n) is 5.42. The van der Waals surface area contributed by atoms with Crippen molar-refractivity contribution in [2.75, 3.05) is 14.2 Å². The van der Waals surface area contributed by atoms with E-state index in [2.05, 4.69) is 6.92 Å². The Morgan fingerprint density at radius 2 is 2.07 bits per heavy atom. The van der Waals surface area contributed by atoms with E-state index in [4.69, 9.17) is 14.2 Å². The molecule has 1 saturated carbocycles. The Kier molecular flexibility index (Phi) is 2.98.